The summed E-state index contributed by atoms with van der Waals surface area (Å²) in [6, 6.07) is 8.35. The van der Waals surface area contributed by atoms with Crippen LogP contribution in [0.4, 0.5) is 4.79 Å². The number of hydrogen-bond acceptors (Lipinski definition) is 3. The molecule has 0 saturated carbocycles. The van der Waals surface area contributed by atoms with E-state index in [0.29, 0.717) is 19.1 Å². The standard InChI is InChI=1S/C15H18N2O2S/c1-2-19-15(18)16-9-10-7-8-20-14-13(10)11-5-3-4-6-12(11)17-14/h3-6,10,17H,2,7-9H2,1H3,(H,16,18). The Morgan fingerprint density at radius 2 is 2.35 bits per heavy atom. The van der Waals surface area contributed by atoms with E-state index in [1.54, 1.807) is 0 Å². The molecule has 0 fully saturated rings. The molecule has 2 heterocycles. The van der Waals surface area contributed by atoms with Crippen molar-refractivity contribution in [3.63, 3.8) is 0 Å². The van der Waals surface area contributed by atoms with Crippen molar-refractivity contribution in [2.24, 2.45) is 0 Å². The Morgan fingerprint density at radius 1 is 1.50 bits per heavy atom. The van der Waals surface area contributed by atoms with Gasteiger partial charge in [0.25, 0.3) is 0 Å². The molecule has 1 aromatic heterocycles. The minimum absolute atomic E-state index is 0.327. The van der Waals surface area contributed by atoms with E-state index in [1.165, 1.54) is 21.5 Å². The van der Waals surface area contributed by atoms with Gasteiger partial charge in [-0.05, 0) is 25.0 Å². The molecule has 4 nitrogen and oxygen atoms in total. The molecule has 0 bridgehead atoms. The molecule has 20 heavy (non-hydrogen) atoms. The number of aromatic nitrogens is 1. The first-order chi connectivity index (χ1) is 9.79. The molecule has 2 aromatic rings. The second kappa shape index (κ2) is 5.79. The lowest BCUT2D eigenvalue weighted by Gasteiger charge is -2.22. The number of carbonyl (C=O) groups excluding carboxylic acids is 1. The van der Waals surface area contributed by atoms with Crippen LogP contribution >= 0.6 is 11.8 Å². The average molecular weight is 290 g/mol. The second-order valence-electron chi connectivity index (χ2n) is 4.85. The minimum Gasteiger partial charge on any atom is -0.450 e. The highest BCUT2D eigenvalue weighted by atomic mass is 32.2. The van der Waals surface area contributed by atoms with Crippen molar-refractivity contribution in [1.82, 2.24) is 10.3 Å². The number of benzene rings is 1. The van der Waals surface area contributed by atoms with Crippen molar-refractivity contribution in [1.29, 1.82) is 0 Å². The van der Waals surface area contributed by atoms with Gasteiger partial charge in [-0.25, -0.2) is 4.79 Å². The molecule has 0 aliphatic carbocycles. The zero-order valence-corrected chi connectivity index (χ0v) is 12.3. The number of alkyl carbamates (subject to hydrolysis) is 1. The van der Waals surface area contributed by atoms with Gasteiger partial charge in [0.05, 0.1) is 11.6 Å². The number of para-hydroxylation sites is 1. The van der Waals surface area contributed by atoms with E-state index >= 15 is 0 Å². The normalized spacial score (nSPS) is 17.8. The van der Waals surface area contributed by atoms with Gasteiger partial charge in [0.15, 0.2) is 0 Å². The molecule has 1 aliphatic heterocycles. The lowest BCUT2D eigenvalue weighted by molar-refractivity contribution is 0.151. The predicted molar refractivity (Wildman–Crippen MR) is 81.4 cm³/mol. The Labute approximate surface area is 122 Å². The quantitative estimate of drug-likeness (QED) is 0.909. The fourth-order valence-electron chi connectivity index (χ4n) is 2.70. The maximum absolute atomic E-state index is 11.5. The smallest absolute Gasteiger partial charge is 0.407 e. The SMILES string of the molecule is CCOC(=O)NCC1CCSc2[nH]c3ccccc3c21. The van der Waals surface area contributed by atoms with Gasteiger partial charge in [-0.3, -0.25) is 0 Å². The summed E-state index contributed by atoms with van der Waals surface area (Å²) < 4.78 is 4.93. The summed E-state index contributed by atoms with van der Waals surface area (Å²) in [6.45, 7) is 2.85. The number of rotatable bonds is 3. The highest BCUT2D eigenvalue weighted by Crippen LogP contribution is 2.41. The monoisotopic (exact) mass is 290 g/mol. The number of aromatic amines is 1. The summed E-state index contributed by atoms with van der Waals surface area (Å²) in [6.07, 6.45) is 0.749. The molecule has 5 heteroatoms. The molecular weight excluding hydrogens is 272 g/mol. The van der Waals surface area contributed by atoms with Gasteiger partial charge in [-0.1, -0.05) is 18.2 Å². The topological polar surface area (TPSA) is 54.1 Å². The third-order valence-electron chi connectivity index (χ3n) is 3.60. The number of nitrogens with one attached hydrogen (secondary N) is 2. The molecule has 3 rings (SSSR count). The maximum Gasteiger partial charge on any atom is 0.407 e. The molecule has 106 valence electrons. The Balaban J connectivity index is 1.84. The van der Waals surface area contributed by atoms with Crippen LogP contribution < -0.4 is 5.32 Å². The van der Waals surface area contributed by atoms with Crippen LogP contribution in [0.25, 0.3) is 10.9 Å². The minimum atomic E-state index is -0.327. The zero-order valence-electron chi connectivity index (χ0n) is 11.4. The van der Waals surface area contributed by atoms with Crippen LogP contribution in [0, 0.1) is 0 Å². The Hall–Kier alpha value is -1.62. The lowest BCUT2D eigenvalue weighted by atomic mass is 9.95. The van der Waals surface area contributed by atoms with Crippen molar-refractivity contribution in [2.45, 2.75) is 24.3 Å². The van der Waals surface area contributed by atoms with Crippen LogP contribution in [0.15, 0.2) is 29.3 Å². The molecule has 1 amide bonds. The molecule has 1 aliphatic rings. The first-order valence-electron chi connectivity index (χ1n) is 6.93. The summed E-state index contributed by atoms with van der Waals surface area (Å²) in [5.74, 6) is 1.43. The summed E-state index contributed by atoms with van der Waals surface area (Å²) in [7, 11) is 0. The Bertz CT molecular complexity index is 623. The maximum atomic E-state index is 11.5. The molecule has 1 unspecified atom stereocenters. The molecule has 1 atom stereocenters. The van der Waals surface area contributed by atoms with Crippen molar-refractivity contribution < 1.29 is 9.53 Å². The summed E-state index contributed by atoms with van der Waals surface area (Å²) >= 11 is 1.86. The predicted octanol–water partition coefficient (Wildman–Crippen LogP) is 3.49. The number of H-pyrrole nitrogens is 1. The summed E-state index contributed by atoms with van der Waals surface area (Å²) in [5, 5.41) is 5.38. The van der Waals surface area contributed by atoms with Gasteiger partial charge in [-0.2, -0.15) is 0 Å². The van der Waals surface area contributed by atoms with Gasteiger partial charge >= 0.3 is 6.09 Å². The van der Waals surface area contributed by atoms with Crippen molar-refractivity contribution in [2.75, 3.05) is 18.9 Å². The second-order valence-corrected chi connectivity index (χ2v) is 5.95. The van der Waals surface area contributed by atoms with Gasteiger partial charge < -0.3 is 15.0 Å². The fourth-order valence-corrected chi connectivity index (χ4v) is 3.92. The number of amides is 1. The Morgan fingerprint density at radius 3 is 3.20 bits per heavy atom. The summed E-state index contributed by atoms with van der Waals surface area (Å²) in [5.41, 5.74) is 2.52. The molecule has 1 aromatic carbocycles. The van der Waals surface area contributed by atoms with Gasteiger partial charge in [0, 0.05) is 29.1 Å². The van der Waals surface area contributed by atoms with Crippen molar-refractivity contribution >= 4 is 28.8 Å². The van der Waals surface area contributed by atoms with Crippen molar-refractivity contribution in [3.8, 4) is 0 Å². The van der Waals surface area contributed by atoms with Crippen molar-refractivity contribution in [3.05, 3.63) is 29.8 Å². The van der Waals surface area contributed by atoms with Crippen LogP contribution in [0.3, 0.4) is 0 Å². The van der Waals surface area contributed by atoms with E-state index in [-0.39, 0.29) is 6.09 Å². The molecular formula is C15H18N2O2S. The molecule has 0 saturated heterocycles. The van der Waals surface area contributed by atoms with Gasteiger partial charge in [0.2, 0.25) is 0 Å². The first-order valence-corrected chi connectivity index (χ1v) is 7.92. The average Bonchev–Trinajstić information content (AvgIpc) is 2.84. The molecule has 0 radical (unpaired) electrons. The summed E-state index contributed by atoms with van der Waals surface area (Å²) in [4.78, 5) is 14.9. The number of fused-ring (bicyclic) bond motifs is 3. The van der Waals surface area contributed by atoms with E-state index in [1.807, 2.05) is 24.8 Å². The van der Waals surface area contributed by atoms with Crippen LogP contribution in [0.1, 0.15) is 24.8 Å². The highest BCUT2D eigenvalue weighted by molar-refractivity contribution is 7.99. The van der Waals surface area contributed by atoms with E-state index in [4.69, 9.17) is 4.74 Å². The van der Waals surface area contributed by atoms with Crippen LogP contribution in [0.5, 0.6) is 0 Å². The largest absolute Gasteiger partial charge is 0.450 e. The highest BCUT2D eigenvalue weighted by Gasteiger charge is 2.25. The zero-order chi connectivity index (χ0) is 13.9. The third kappa shape index (κ3) is 2.50. The first kappa shape index (κ1) is 13.4. The van der Waals surface area contributed by atoms with Gasteiger partial charge in [0.1, 0.15) is 0 Å². The number of hydrogen-bond donors (Lipinski definition) is 2. The van der Waals surface area contributed by atoms with E-state index in [9.17, 15) is 4.79 Å². The third-order valence-corrected chi connectivity index (χ3v) is 4.65. The lowest BCUT2D eigenvalue weighted by Crippen LogP contribution is -2.30. The number of carbonyl (C=O) groups is 1. The number of thioether (sulfide) groups is 1. The van der Waals surface area contributed by atoms with Gasteiger partial charge in [-0.15, -0.1) is 11.8 Å². The fraction of sp³-hybridized carbons (Fsp3) is 0.400. The van der Waals surface area contributed by atoms with Crippen LogP contribution in [0.2, 0.25) is 0 Å². The van der Waals surface area contributed by atoms with E-state index < -0.39 is 0 Å². The van der Waals surface area contributed by atoms with Crippen LogP contribution in [-0.2, 0) is 4.74 Å². The number of ether oxygens (including phenoxy) is 1. The van der Waals surface area contributed by atoms with E-state index in [2.05, 4.69) is 28.5 Å². The molecule has 2 N–H and O–H groups in total. The Kier molecular flexibility index (Phi) is 3.87. The molecule has 0 spiro atoms. The van der Waals surface area contributed by atoms with E-state index in [0.717, 1.165) is 12.2 Å². The van der Waals surface area contributed by atoms with Crippen LogP contribution in [-0.4, -0.2) is 30.0 Å².